The molecular weight excluding hydrogens is 389 g/mol. The van der Waals surface area contributed by atoms with Crippen molar-refractivity contribution in [1.29, 1.82) is 0 Å². The van der Waals surface area contributed by atoms with Gasteiger partial charge in [-0.05, 0) is 49.8 Å². The van der Waals surface area contributed by atoms with Crippen molar-refractivity contribution in [3.8, 4) is 0 Å². The highest BCUT2D eigenvalue weighted by Gasteiger charge is 2.33. The number of nitrogens with zero attached hydrogens (tertiary/aromatic N) is 3. The zero-order valence-electron chi connectivity index (χ0n) is 16.7. The number of hydrogen-bond acceptors (Lipinski definition) is 5. The summed E-state index contributed by atoms with van der Waals surface area (Å²) < 4.78 is 17.5. The van der Waals surface area contributed by atoms with Crippen molar-refractivity contribution in [1.82, 2.24) is 14.7 Å². The number of anilines is 1. The molecule has 0 spiro atoms. The molecule has 3 heterocycles. The maximum Gasteiger partial charge on any atom is 0.242 e. The molecule has 0 aliphatic carbocycles. The Bertz CT molecular complexity index is 806. The molecule has 4 rings (SSSR count). The van der Waals surface area contributed by atoms with Crippen LogP contribution in [0.5, 0.6) is 0 Å². The van der Waals surface area contributed by atoms with Gasteiger partial charge >= 0.3 is 0 Å². The van der Waals surface area contributed by atoms with Gasteiger partial charge in [0, 0.05) is 24.5 Å². The standard InChI is InChI=1S/C21H28FN5OS/c22-17-8-6-16(7-9-17)15-19-24-21(29-25-19)27-13-4-5-18(27)20(28)23-10-14-26-11-2-1-3-12-26/h6-9,18H,1-5,10-15H2,(H,23,28)/p+1/t18-/m1/s1. The summed E-state index contributed by atoms with van der Waals surface area (Å²) >= 11 is 1.34. The van der Waals surface area contributed by atoms with Crippen LogP contribution in [0.1, 0.15) is 43.5 Å². The Morgan fingerprint density at radius 3 is 2.79 bits per heavy atom. The largest absolute Gasteiger partial charge is 0.349 e. The molecule has 2 fully saturated rings. The number of piperidine rings is 1. The SMILES string of the molecule is O=C(NCC[NH+]1CCCCC1)[C@H]1CCCN1c1nc(Cc2ccc(F)cc2)ns1. The van der Waals surface area contributed by atoms with Crippen LogP contribution in [0.15, 0.2) is 24.3 Å². The number of hydrogen-bond donors (Lipinski definition) is 2. The van der Waals surface area contributed by atoms with Gasteiger partial charge < -0.3 is 15.1 Å². The van der Waals surface area contributed by atoms with Gasteiger partial charge in [-0.15, -0.1) is 0 Å². The number of amides is 1. The van der Waals surface area contributed by atoms with E-state index in [1.54, 1.807) is 17.0 Å². The lowest BCUT2D eigenvalue weighted by Gasteiger charge is -2.25. The third kappa shape index (κ3) is 5.30. The molecule has 6 nitrogen and oxygen atoms in total. The Hall–Kier alpha value is -2.06. The molecule has 8 heteroatoms. The quantitative estimate of drug-likeness (QED) is 0.714. The Kier molecular flexibility index (Phi) is 6.71. The average Bonchev–Trinajstić information content (AvgIpc) is 3.40. The molecule has 2 saturated heterocycles. The summed E-state index contributed by atoms with van der Waals surface area (Å²) in [6.07, 6.45) is 6.36. The lowest BCUT2D eigenvalue weighted by atomic mass is 10.1. The fourth-order valence-corrected chi connectivity index (χ4v) is 5.03. The van der Waals surface area contributed by atoms with Gasteiger partial charge in [0.15, 0.2) is 0 Å². The Morgan fingerprint density at radius 1 is 1.21 bits per heavy atom. The highest BCUT2D eigenvalue weighted by Crippen LogP contribution is 2.27. The second kappa shape index (κ2) is 9.63. The molecule has 1 atom stereocenters. The molecule has 1 aromatic heterocycles. The van der Waals surface area contributed by atoms with E-state index in [1.165, 1.54) is 56.0 Å². The Morgan fingerprint density at radius 2 is 2.00 bits per heavy atom. The fraction of sp³-hybridized carbons (Fsp3) is 0.571. The highest BCUT2D eigenvalue weighted by molar-refractivity contribution is 7.09. The molecular formula is C21H29FN5OS+. The third-order valence-corrected chi connectivity index (χ3v) is 6.66. The van der Waals surface area contributed by atoms with E-state index in [1.807, 2.05) is 0 Å². The van der Waals surface area contributed by atoms with Gasteiger partial charge in [-0.2, -0.15) is 4.37 Å². The van der Waals surface area contributed by atoms with Crippen LogP contribution in [0.2, 0.25) is 0 Å². The molecule has 0 unspecified atom stereocenters. The molecule has 156 valence electrons. The topological polar surface area (TPSA) is 62.6 Å². The number of quaternary nitrogens is 1. The predicted octanol–water partition coefficient (Wildman–Crippen LogP) is 1.42. The summed E-state index contributed by atoms with van der Waals surface area (Å²) in [4.78, 5) is 21.1. The molecule has 2 aliphatic rings. The summed E-state index contributed by atoms with van der Waals surface area (Å²) in [7, 11) is 0. The smallest absolute Gasteiger partial charge is 0.242 e. The first kappa shape index (κ1) is 20.2. The Labute approximate surface area is 175 Å². The second-order valence-electron chi connectivity index (χ2n) is 8.00. The number of likely N-dealkylation sites (tertiary alicyclic amines) is 1. The van der Waals surface area contributed by atoms with Crippen molar-refractivity contribution in [2.75, 3.05) is 37.6 Å². The minimum atomic E-state index is -0.242. The van der Waals surface area contributed by atoms with E-state index < -0.39 is 0 Å². The first-order valence-corrected chi connectivity index (χ1v) is 11.4. The van der Waals surface area contributed by atoms with Crippen LogP contribution in [-0.2, 0) is 11.2 Å². The summed E-state index contributed by atoms with van der Waals surface area (Å²) in [5.74, 6) is 0.582. The molecule has 0 bridgehead atoms. The Balaban J connectivity index is 1.31. The van der Waals surface area contributed by atoms with Gasteiger partial charge in [-0.3, -0.25) is 4.79 Å². The van der Waals surface area contributed by atoms with Crippen molar-refractivity contribution < 1.29 is 14.1 Å². The zero-order chi connectivity index (χ0) is 20.1. The molecule has 2 N–H and O–H groups in total. The molecule has 2 aromatic rings. The molecule has 2 aliphatic heterocycles. The number of carbonyl (C=O) groups excluding carboxylic acids is 1. The lowest BCUT2D eigenvalue weighted by molar-refractivity contribution is -0.903. The molecule has 1 amide bonds. The normalized spacial score (nSPS) is 20.2. The van der Waals surface area contributed by atoms with E-state index in [0.29, 0.717) is 6.42 Å². The van der Waals surface area contributed by atoms with Crippen molar-refractivity contribution in [2.24, 2.45) is 0 Å². The van der Waals surface area contributed by atoms with Crippen LogP contribution in [-0.4, -0.2) is 54.0 Å². The summed E-state index contributed by atoms with van der Waals surface area (Å²) in [5.41, 5.74) is 0.978. The molecule has 0 radical (unpaired) electrons. The first-order chi connectivity index (χ1) is 14.2. The first-order valence-electron chi connectivity index (χ1n) is 10.6. The minimum Gasteiger partial charge on any atom is -0.349 e. The van der Waals surface area contributed by atoms with Crippen LogP contribution in [0.4, 0.5) is 9.52 Å². The maximum atomic E-state index is 13.1. The van der Waals surface area contributed by atoms with Gasteiger partial charge in [0.2, 0.25) is 11.0 Å². The number of rotatable bonds is 7. The maximum absolute atomic E-state index is 13.1. The predicted molar refractivity (Wildman–Crippen MR) is 112 cm³/mol. The van der Waals surface area contributed by atoms with Crippen molar-refractivity contribution in [2.45, 2.75) is 44.6 Å². The summed E-state index contributed by atoms with van der Waals surface area (Å²) in [5, 5.41) is 3.95. The molecule has 29 heavy (non-hydrogen) atoms. The summed E-state index contributed by atoms with van der Waals surface area (Å²) in [6, 6.07) is 6.27. The van der Waals surface area contributed by atoms with Gasteiger partial charge in [0.25, 0.3) is 0 Å². The van der Waals surface area contributed by atoms with E-state index >= 15 is 0 Å². The number of halogens is 1. The summed E-state index contributed by atoms with van der Waals surface area (Å²) in [6.45, 7) is 5.05. The van der Waals surface area contributed by atoms with Gasteiger partial charge in [0.1, 0.15) is 17.7 Å². The number of carbonyl (C=O) groups is 1. The van der Waals surface area contributed by atoms with Crippen LogP contribution < -0.4 is 15.1 Å². The third-order valence-electron chi connectivity index (χ3n) is 5.87. The van der Waals surface area contributed by atoms with E-state index in [4.69, 9.17) is 0 Å². The number of nitrogens with one attached hydrogen (secondary N) is 2. The second-order valence-corrected chi connectivity index (χ2v) is 8.73. The van der Waals surface area contributed by atoms with E-state index in [-0.39, 0.29) is 17.8 Å². The molecule has 0 saturated carbocycles. The van der Waals surface area contributed by atoms with Crippen LogP contribution in [0.3, 0.4) is 0 Å². The van der Waals surface area contributed by atoms with Crippen molar-refractivity contribution in [3.05, 3.63) is 41.5 Å². The van der Waals surface area contributed by atoms with Crippen LogP contribution >= 0.6 is 11.5 Å². The fourth-order valence-electron chi connectivity index (χ4n) is 4.27. The number of benzene rings is 1. The van der Waals surface area contributed by atoms with Crippen molar-refractivity contribution in [3.63, 3.8) is 0 Å². The van der Waals surface area contributed by atoms with E-state index in [0.717, 1.165) is 49.0 Å². The average molecular weight is 419 g/mol. The van der Waals surface area contributed by atoms with Gasteiger partial charge in [-0.25, -0.2) is 9.37 Å². The van der Waals surface area contributed by atoms with Crippen LogP contribution in [0.25, 0.3) is 0 Å². The van der Waals surface area contributed by atoms with Crippen LogP contribution in [0, 0.1) is 5.82 Å². The monoisotopic (exact) mass is 418 g/mol. The van der Waals surface area contributed by atoms with Gasteiger partial charge in [0.05, 0.1) is 26.2 Å². The van der Waals surface area contributed by atoms with Crippen molar-refractivity contribution >= 4 is 22.6 Å². The van der Waals surface area contributed by atoms with Gasteiger partial charge in [-0.1, -0.05) is 12.1 Å². The minimum absolute atomic E-state index is 0.106. The zero-order valence-corrected chi connectivity index (χ0v) is 17.5. The highest BCUT2D eigenvalue weighted by atomic mass is 32.1. The number of aromatic nitrogens is 2. The van der Waals surface area contributed by atoms with E-state index in [2.05, 4.69) is 19.6 Å². The lowest BCUT2D eigenvalue weighted by Crippen LogP contribution is -3.13. The van der Waals surface area contributed by atoms with E-state index in [9.17, 15) is 9.18 Å². The molecule has 1 aromatic carbocycles.